The SMILES string of the molecule is CC(C)C1CCN(Cc2cccnc2C(=O)O)C1. The molecule has 0 aliphatic carbocycles. The van der Waals surface area contributed by atoms with E-state index in [1.807, 2.05) is 6.07 Å². The molecule has 1 N–H and O–H groups in total. The van der Waals surface area contributed by atoms with Crippen LogP contribution in [0.25, 0.3) is 0 Å². The van der Waals surface area contributed by atoms with E-state index in [4.69, 9.17) is 5.11 Å². The highest BCUT2D eigenvalue weighted by atomic mass is 16.4. The number of carboxylic acids is 1. The van der Waals surface area contributed by atoms with Crippen molar-refractivity contribution in [3.05, 3.63) is 29.6 Å². The fourth-order valence-corrected chi connectivity index (χ4v) is 2.55. The van der Waals surface area contributed by atoms with Crippen LogP contribution in [-0.2, 0) is 6.54 Å². The highest BCUT2D eigenvalue weighted by molar-refractivity contribution is 5.86. The normalized spacial score (nSPS) is 20.5. The maximum atomic E-state index is 11.1. The van der Waals surface area contributed by atoms with E-state index in [0.717, 1.165) is 24.6 Å². The van der Waals surface area contributed by atoms with Crippen molar-refractivity contribution in [2.45, 2.75) is 26.8 Å². The van der Waals surface area contributed by atoms with Crippen molar-refractivity contribution < 1.29 is 9.90 Å². The summed E-state index contributed by atoms with van der Waals surface area (Å²) < 4.78 is 0. The molecule has 18 heavy (non-hydrogen) atoms. The van der Waals surface area contributed by atoms with Crippen molar-refractivity contribution in [1.82, 2.24) is 9.88 Å². The van der Waals surface area contributed by atoms with E-state index >= 15 is 0 Å². The molecule has 0 saturated carbocycles. The van der Waals surface area contributed by atoms with Gasteiger partial charge in [-0.3, -0.25) is 4.90 Å². The fourth-order valence-electron chi connectivity index (χ4n) is 2.55. The first-order valence-electron chi connectivity index (χ1n) is 6.47. The molecule has 0 amide bonds. The molecular weight excluding hydrogens is 228 g/mol. The molecule has 0 radical (unpaired) electrons. The van der Waals surface area contributed by atoms with E-state index in [0.29, 0.717) is 12.5 Å². The summed E-state index contributed by atoms with van der Waals surface area (Å²) in [5.41, 5.74) is 1.000. The van der Waals surface area contributed by atoms with Gasteiger partial charge in [0.1, 0.15) is 0 Å². The van der Waals surface area contributed by atoms with E-state index in [1.165, 1.54) is 12.6 Å². The number of hydrogen-bond acceptors (Lipinski definition) is 3. The Kier molecular flexibility index (Phi) is 3.97. The smallest absolute Gasteiger partial charge is 0.354 e. The molecule has 1 saturated heterocycles. The van der Waals surface area contributed by atoms with Crippen LogP contribution in [0.3, 0.4) is 0 Å². The standard InChI is InChI=1S/C14H20N2O2/c1-10(2)11-5-7-16(8-11)9-12-4-3-6-15-13(12)14(17)18/h3-4,6,10-11H,5,7-9H2,1-2H3,(H,17,18). The topological polar surface area (TPSA) is 53.4 Å². The predicted octanol–water partition coefficient (Wildman–Crippen LogP) is 2.26. The van der Waals surface area contributed by atoms with Gasteiger partial charge < -0.3 is 5.11 Å². The molecule has 0 aromatic carbocycles. The van der Waals surface area contributed by atoms with E-state index in [9.17, 15) is 4.79 Å². The molecule has 1 aromatic rings. The summed E-state index contributed by atoms with van der Waals surface area (Å²) in [6, 6.07) is 3.66. The second-order valence-corrected chi connectivity index (χ2v) is 5.34. The monoisotopic (exact) mass is 248 g/mol. The number of hydrogen-bond donors (Lipinski definition) is 1. The molecule has 2 heterocycles. The zero-order chi connectivity index (χ0) is 13.1. The average molecular weight is 248 g/mol. The molecule has 98 valence electrons. The first-order valence-corrected chi connectivity index (χ1v) is 6.47. The van der Waals surface area contributed by atoms with E-state index in [1.54, 1.807) is 6.07 Å². The lowest BCUT2D eigenvalue weighted by molar-refractivity contribution is 0.0688. The van der Waals surface area contributed by atoms with Gasteiger partial charge in [-0.15, -0.1) is 0 Å². The van der Waals surface area contributed by atoms with Gasteiger partial charge in [0.05, 0.1) is 0 Å². The maximum absolute atomic E-state index is 11.1. The van der Waals surface area contributed by atoms with Crippen LogP contribution >= 0.6 is 0 Å². The Balaban J connectivity index is 2.05. The molecule has 4 nitrogen and oxygen atoms in total. The van der Waals surface area contributed by atoms with Crippen LogP contribution in [0.4, 0.5) is 0 Å². The van der Waals surface area contributed by atoms with Gasteiger partial charge in [-0.05, 0) is 36.4 Å². The minimum Gasteiger partial charge on any atom is -0.477 e. The molecule has 2 rings (SSSR count). The van der Waals surface area contributed by atoms with Crippen LogP contribution in [0.5, 0.6) is 0 Å². The Hall–Kier alpha value is -1.42. The number of carboxylic acid groups (broad SMARTS) is 1. The van der Waals surface area contributed by atoms with Gasteiger partial charge in [0.15, 0.2) is 5.69 Å². The van der Waals surface area contributed by atoms with Gasteiger partial charge >= 0.3 is 5.97 Å². The molecule has 0 bridgehead atoms. The summed E-state index contributed by atoms with van der Waals surface area (Å²) in [5.74, 6) is 0.489. The summed E-state index contributed by atoms with van der Waals surface area (Å²) in [6.07, 6.45) is 2.74. The highest BCUT2D eigenvalue weighted by Crippen LogP contribution is 2.25. The number of aromatic carboxylic acids is 1. The first kappa shape index (κ1) is 13.0. The third kappa shape index (κ3) is 2.88. The van der Waals surface area contributed by atoms with Crippen molar-refractivity contribution >= 4 is 5.97 Å². The van der Waals surface area contributed by atoms with Gasteiger partial charge in [0.2, 0.25) is 0 Å². The summed E-state index contributed by atoms with van der Waals surface area (Å²) in [6.45, 7) is 7.31. The molecule has 1 unspecified atom stereocenters. The Labute approximate surface area is 108 Å². The highest BCUT2D eigenvalue weighted by Gasteiger charge is 2.25. The van der Waals surface area contributed by atoms with Gasteiger partial charge in [0, 0.05) is 19.3 Å². The number of nitrogens with zero attached hydrogens (tertiary/aromatic N) is 2. The van der Waals surface area contributed by atoms with Crippen molar-refractivity contribution in [2.75, 3.05) is 13.1 Å². The van der Waals surface area contributed by atoms with Crippen molar-refractivity contribution in [3.63, 3.8) is 0 Å². The zero-order valence-corrected chi connectivity index (χ0v) is 11.0. The number of pyridine rings is 1. The first-order chi connectivity index (χ1) is 8.58. The van der Waals surface area contributed by atoms with Gasteiger partial charge in [-0.1, -0.05) is 19.9 Å². The zero-order valence-electron chi connectivity index (χ0n) is 11.0. The summed E-state index contributed by atoms with van der Waals surface area (Å²) >= 11 is 0. The van der Waals surface area contributed by atoms with E-state index in [2.05, 4.69) is 23.7 Å². The predicted molar refractivity (Wildman–Crippen MR) is 69.4 cm³/mol. The van der Waals surface area contributed by atoms with Crippen LogP contribution < -0.4 is 0 Å². The lowest BCUT2D eigenvalue weighted by Crippen LogP contribution is -2.23. The minimum absolute atomic E-state index is 0.186. The van der Waals surface area contributed by atoms with Crippen LogP contribution in [0.2, 0.25) is 0 Å². The van der Waals surface area contributed by atoms with Crippen LogP contribution in [0.15, 0.2) is 18.3 Å². The molecule has 1 atom stereocenters. The molecule has 0 spiro atoms. The molecule has 1 fully saturated rings. The molecular formula is C14H20N2O2. The number of rotatable bonds is 4. The minimum atomic E-state index is -0.940. The van der Waals surface area contributed by atoms with Gasteiger partial charge in [0.25, 0.3) is 0 Å². The third-order valence-electron chi connectivity index (χ3n) is 3.74. The van der Waals surface area contributed by atoms with Crippen LogP contribution in [0.1, 0.15) is 36.3 Å². The molecule has 1 aliphatic rings. The summed E-state index contributed by atoms with van der Waals surface area (Å²) in [5, 5.41) is 9.10. The third-order valence-corrected chi connectivity index (χ3v) is 3.74. The van der Waals surface area contributed by atoms with E-state index in [-0.39, 0.29) is 5.69 Å². The second kappa shape index (κ2) is 5.48. The lowest BCUT2D eigenvalue weighted by atomic mass is 9.95. The molecule has 1 aliphatic heterocycles. The summed E-state index contributed by atoms with van der Waals surface area (Å²) in [4.78, 5) is 17.4. The number of carbonyl (C=O) groups is 1. The maximum Gasteiger partial charge on any atom is 0.354 e. The van der Waals surface area contributed by atoms with Crippen LogP contribution in [-0.4, -0.2) is 34.0 Å². The summed E-state index contributed by atoms with van der Waals surface area (Å²) in [7, 11) is 0. The molecule has 4 heteroatoms. The second-order valence-electron chi connectivity index (χ2n) is 5.34. The van der Waals surface area contributed by atoms with E-state index < -0.39 is 5.97 Å². The number of aromatic nitrogens is 1. The molecule has 1 aromatic heterocycles. The largest absolute Gasteiger partial charge is 0.477 e. The Morgan fingerprint density at radius 3 is 3.00 bits per heavy atom. The average Bonchev–Trinajstić information content (AvgIpc) is 2.78. The van der Waals surface area contributed by atoms with Gasteiger partial charge in [-0.2, -0.15) is 0 Å². The van der Waals surface area contributed by atoms with Crippen molar-refractivity contribution in [2.24, 2.45) is 11.8 Å². The Morgan fingerprint density at radius 2 is 2.39 bits per heavy atom. The van der Waals surface area contributed by atoms with Crippen molar-refractivity contribution in [3.8, 4) is 0 Å². The van der Waals surface area contributed by atoms with Crippen LogP contribution in [0, 0.1) is 11.8 Å². The van der Waals surface area contributed by atoms with Gasteiger partial charge in [-0.25, -0.2) is 9.78 Å². The number of likely N-dealkylation sites (tertiary alicyclic amines) is 1. The lowest BCUT2D eigenvalue weighted by Gasteiger charge is -2.18. The Morgan fingerprint density at radius 1 is 1.61 bits per heavy atom. The fraction of sp³-hybridized carbons (Fsp3) is 0.571. The quantitative estimate of drug-likeness (QED) is 0.888. The van der Waals surface area contributed by atoms with Crippen molar-refractivity contribution in [1.29, 1.82) is 0 Å². The Bertz CT molecular complexity index is 432.